The fraction of sp³-hybridized carbons (Fsp3) is 0.423. The molecule has 1 atom stereocenters. The van der Waals surface area contributed by atoms with Gasteiger partial charge in [-0.15, -0.1) is 0 Å². The molecule has 0 aromatic carbocycles. The topological polar surface area (TPSA) is 66.9 Å². The van der Waals surface area contributed by atoms with Crippen LogP contribution in [0.5, 0.6) is 0 Å². The zero-order valence-corrected chi connectivity index (χ0v) is 20.8. The molecule has 0 spiro atoms. The Kier molecular flexibility index (Phi) is 6.70. The first kappa shape index (κ1) is 23.9. The van der Waals surface area contributed by atoms with E-state index < -0.39 is 5.82 Å². The van der Waals surface area contributed by atoms with Gasteiger partial charge in [0.2, 0.25) is 5.91 Å². The summed E-state index contributed by atoms with van der Waals surface area (Å²) in [7, 11) is 0. The lowest BCUT2D eigenvalue weighted by Gasteiger charge is -2.33. The standard InChI is InChI=1S/C26H33FN6O/c1-7-16(2)25(21-11-19(5)33-22(12-21)10-17(3)30-33)29-26-24(27)13-23(15-32(26)20(6)34)31-9-8-28-18(4)14-31/h10-13,15,18,28H,7-9,14H2,1-6H3/b25-16+,29-26?. The lowest BCUT2D eigenvalue weighted by atomic mass is 10.1. The molecule has 34 heavy (non-hydrogen) atoms. The van der Waals surface area contributed by atoms with Gasteiger partial charge in [0.05, 0.1) is 22.6 Å². The number of hydrogen-bond donors (Lipinski definition) is 1. The van der Waals surface area contributed by atoms with Gasteiger partial charge in [-0.1, -0.05) is 6.92 Å². The average molecular weight is 465 g/mol. The van der Waals surface area contributed by atoms with Gasteiger partial charge in [0.25, 0.3) is 0 Å². The molecule has 1 unspecified atom stereocenters. The Morgan fingerprint density at radius 2 is 2.00 bits per heavy atom. The monoisotopic (exact) mass is 464 g/mol. The molecular weight excluding hydrogens is 431 g/mol. The second-order valence-electron chi connectivity index (χ2n) is 9.16. The summed E-state index contributed by atoms with van der Waals surface area (Å²) in [6.07, 6.45) is 2.45. The Labute approximate surface area is 199 Å². The van der Waals surface area contributed by atoms with Gasteiger partial charge in [-0.05, 0) is 57.9 Å². The minimum Gasteiger partial charge on any atom is -0.367 e. The van der Waals surface area contributed by atoms with Crippen LogP contribution in [0.25, 0.3) is 11.2 Å². The van der Waals surface area contributed by atoms with Crippen LogP contribution in [0.4, 0.5) is 10.1 Å². The predicted molar refractivity (Wildman–Crippen MR) is 133 cm³/mol. The van der Waals surface area contributed by atoms with E-state index in [0.29, 0.717) is 17.4 Å². The molecule has 0 amide bonds. The molecule has 1 saturated heterocycles. The summed E-state index contributed by atoms with van der Waals surface area (Å²) in [5.74, 6) is -0.799. The number of carbonyl (C=O) groups is 1. The first-order valence-corrected chi connectivity index (χ1v) is 11.8. The van der Waals surface area contributed by atoms with Gasteiger partial charge >= 0.3 is 0 Å². The van der Waals surface area contributed by atoms with Crippen molar-refractivity contribution in [3.8, 4) is 0 Å². The third-order valence-corrected chi connectivity index (χ3v) is 6.34. The number of carbonyl (C=O) groups excluding carboxylic acids is 1. The third kappa shape index (κ3) is 4.68. The van der Waals surface area contributed by atoms with E-state index >= 15 is 4.39 Å². The van der Waals surface area contributed by atoms with Gasteiger partial charge in [0.1, 0.15) is 0 Å². The fourth-order valence-corrected chi connectivity index (χ4v) is 4.44. The van der Waals surface area contributed by atoms with E-state index in [2.05, 4.69) is 22.2 Å². The molecule has 8 heteroatoms. The molecular formula is C26H33FN6O. The second-order valence-corrected chi connectivity index (χ2v) is 9.16. The lowest BCUT2D eigenvalue weighted by molar-refractivity contribution is 0.0929. The van der Waals surface area contributed by atoms with Gasteiger partial charge < -0.3 is 10.2 Å². The highest BCUT2D eigenvalue weighted by Crippen LogP contribution is 2.25. The fourth-order valence-electron chi connectivity index (χ4n) is 4.44. The highest BCUT2D eigenvalue weighted by Gasteiger charge is 2.19. The van der Waals surface area contributed by atoms with Crippen molar-refractivity contribution in [2.75, 3.05) is 24.5 Å². The van der Waals surface area contributed by atoms with Crippen molar-refractivity contribution in [3.63, 3.8) is 0 Å². The van der Waals surface area contributed by atoms with Crippen LogP contribution < -0.4 is 15.7 Å². The molecule has 0 aliphatic carbocycles. The van der Waals surface area contributed by atoms with Crippen LogP contribution >= 0.6 is 0 Å². The molecule has 1 fully saturated rings. The first-order chi connectivity index (χ1) is 16.2. The largest absolute Gasteiger partial charge is 0.367 e. The number of piperazine rings is 1. The van der Waals surface area contributed by atoms with Crippen molar-refractivity contribution in [1.29, 1.82) is 0 Å². The Balaban J connectivity index is 1.90. The molecule has 1 aliphatic heterocycles. The van der Waals surface area contributed by atoms with Crippen LogP contribution in [0.1, 0.15) is 55.9 Å². The first-order valence-electron chi connectivity index (χ1n) is 11.8. The number of fused-ring (bicyclic) bond motifs is 1. The Morgan fingerprint density at radius 3 is 2.68 bits per heavy atom. The summed E-state index contributed by atoms with van der Waals surface area (Å²) in [6.45, 7) is 13.8. The molecule has 0 bridgehead atoms. The Bertz CT molecular complexity index is 1350. The number of aromatic nitrogens is 3. The van der Waals surface area contributed by atoms with Crippen LogP contribution in [-0.2, 0) is 0 Å². The van der Waals surface area contributed by atoms with Crippen LogP contribution in [0, 0.1) is 19.7 Å². The van der Waals surface area contributed by atoms with Gasteiger partial charge in [-0.2, -0.15) is 5.10 Å². The van der Waals surface area contributed by atoms with Crippen LogP contribution in [0.15, 0.2) is 41.0 Å². The van der Waals surface area contributed by atoms with E-state index in [1.165, 1.54) is 17.6 Å². The van der Waals surface area contributed by atoms with Crippen LogP contribution in [0.3, 0.4) is 0 Å². The number of allylic oxidation sites excluding steroid dienone is 1. The maximum atomic E-state index is 15.6. The quantitative estimate of drug-likeness (QED) is 0.632. The van der Waals surface area contributed by atoms with E-state index in [4.69, 9.17) is 4.99 Å². The summed E-state index contributed by atoms with van der Waals surface area (Å²) in [5, 5.41) is 7.91. The van der Waals surface area contributed by atoms with Crippen molar-refractivity contribution in [3.05, 3.63) is 64.3 Å². The van der Waals surface area contributed by atoms with Crippen molar-refractivity contribution in [1.82, 2.24) is 19.5 Å². The average Bonchev–Trinajstić information content (AvgIpc) is 3.18. The summed E-state index contributed by atoms with van der Waals surface area (Å²) >= 11 is 0. The number of rotatable bonds is 4. The van der Waals surface area contributed by atoms with E-state index in [0.717, 1.165) is 54.1 Å². The van der Waals surface area contributed by atoms with E-state index in [-0.39, 0.29) is 11.4 Å². The number of nitrogens with one attached hydrogen (secondary N) is 1. The molecule has 3 aromatic heterocycles. The van der Waals surface area contributed by atoms with Crippen LogP contribution in [0.2, 0.25) is 0 Å². The molecule has 1 aliphatic rings. The number of anilines is 1. The Morgan fingerprint density at radius 1 is 1.24 bits per heavy atom. The number of pyridine rings is 2. The van der Waals surface area contributed by atoms with Crippen molar-refractivity contribution in [2.24, 2.45) is 4.99 Å². The maximum Gasteiger partial charge on any atom is 0.229 e. The SMILES string of the molecule is CC/C(C)=C(/N=c1c(F)cc(N2CCNC(C)C2)cn1C(C)=O)c1cc(C)n2nc(C)cc2c1. The zero-order chi connectivity index (χ0) is 24.6. The van der Waals surface area contributed by atoms with Crippen molar-refractivity contribution < 1.29 is 9.18 Å². The van der Waals surface area contributed by atoms with Gasteiger partial charge in [0, 0.05) is 56.1 Å². The second kappa shape index (κ2) is 9.54. The van der Waals surface area contributed by atoms with Gasteiger partial charge in [-0.3, -0.25) is 9.36 Å². The van der Waals surface area contributed by atoms with Crippen LogP contribution in [-0.4, -0.2) is 45.8 Å². The number of aryl methyl sites for hydroxylation is 2. The highest BCUT2D eigenvalue weighted by molar-refractivity contribution is 5.77. The van der Waals surface area contributed by atoms with Gasteiger partial charge in [-0.25, -0.2) is 13.9 Å². The molecule has 0 radical (unpaired) electrons. The molecule has 4 heterocycles. The summed E-state index contributed by atoms with van der Waals surface area (Å²) in [4.78, 5) is 19.4. The predicted octanol–water partition coefficient (Wildman–Crippen LogP) is 4.09. The smallest absolute Gasteiger partial charge is 0.229 e. The summed E-state index contributed by atoms with van der Waals surface area (Å²) in [5.41, 5.74) is 6.09. The summed E-state index contributed by atoms with van der Waals surface area (Å²) in [6, 6.07) is 7.81. The van der Waals surface area contributed by atoms with E-state index in [1.54, 1.807) is 6.20 Å². The van der Waals surface area contributed by atoms with Crippen molar-refractivity contribution in [2.45, 2.75) is 54.0 Å². The maximum absolute atomic E-state index is 15.6. The zero-order valence-electron chi connectivity index (χ0n) is 20.8. The molecule has 0 saturated carbocycles. The molecule has 7 nitrogen and oxygen atoms in total. The normalized spacial score (nSPS) is 17.9. The molecule has 3 aromatic rings. The highest BCUT2D eigenvalue weighted by atomic mass is 19.1. The molecule has 1 N–H and O–H groups in total. The Hall–Kier alpha value is -3.26. The van der Waals surface area contributed by atoms with E-state index in [9.17, 15) is 4.79 Å². The summed E-state index contributed by atoms with van der Waals surface area (Å²) < 4.78 is 18.8. The lowest BCUT2D eigenvalue weighted by Crippen LogP contribution is -2.49. The molecule has 180 valence electrons. The number of nitrogens with zero attached hydrogens (tertiary/aromatic N) is 5. The molecule has 4 rings (SSSR count). The van der Waals surface area contributed by atoms with Gasteiger partial charge in [0.15, 0.2) is 11.3 Å². The minimum absolute atomic E-state index is 0.0180. The van der Waals surface area contributed by atoms with E-state index in [1.807, 2.05) is 50.4 Å². The number of halogens is 1. The third-order valence-electron chi connectivity index (χ3n) is 6.34. The van der Waals surface area contributed by atoms with Crippen molar-refractivity contribution >= 4 is 22.8 Å². The number of hydrogen-bond acceptors (Lipinski definition) is 5. The minimum atomic E-state index is -0.515.